The lowest BCUT2D eigenvalue weighted by molar-refractivity contribution is 0.0749. The number of rotatable bonds is 2. The van der Waals surface area contributed by atoms with Crippen LogP contribution in [0.4, 0.5) is 0 Å². The van der Waals surface area contributed by atoms with Crippen molar-refractivity contribution in [1.82, 2.24) is 4.90 Å². The number of carbonyl (C=O) groups is 1. The van der Waals surface area contributed by atoms with E-state index < -0.39 is 0 Å². The third-order valence-electron chi connectivity index (χ3n) is 3.65. The van der Waals surface area contributed by atoms with Crippen molar-refractivity contribution >= 4 is 21.8 Å². The van der Waals surface area contributed by atoms with Crippen LogP contribution in [-0.4, -0.2) is 28.7 Å². The molecule has 1 unspecified atom stereocenters. The summed E-state index contributed by atoms with van der Waals surface area (Å²) in [5.41, 5.74) is 3.15. The summed E-state index contributed by atoms with van der Waals surface area (Å²) in [6.45, 7) is 4.97. The fourth-order valence-corrected chi connectivity index (χ4v) is 3.07. The van der Waals surface area contributed by atoms with Crippen molar-refractivity contribution in [2.75, 3.05) is 11.9 Å². The van der Waals surface area contributed by atoms with Gasteiger partial charge in [-0.25, -0.2) is 0 Å². The van der Waals surface area contributed by atoms with Gasteiger partial charge in [0, 0.05) is 23.5 Å². The van der Waals surface area contributed by atoms with Crippen LogP contribution in [0.2, 0.25) is 0 Å². The molecule has 1 aliphatic rings. The van der Waals surface area contributed by atoms with Crippen LogP contribution in [0.15, 0.2) is 18.2 Å². The van der Waals surface area contributed by atoms with Gasteiger partial charge in [0.2, 0.25) is 0 Å². The van der Waals surface area contributed by atoms with E-state index in [9.17, 15) is 4.79 Å². The highest BCUT2D eigenvalue weighted by atomic mass is 79.9. The van der Waals surface area contributed by atoms with Crippen molar-refractivity contribution in [2.24, 2.45) is 0 Å². The van der Waals surface area contributed by atoms with E-state index in [-0.39, 0.29) is 5.91 Å². The van der Waals surface area contributed by atoms with E-state index in [0.717, 1.165) is 35.8 Å². The van der Waals surface area contributed by atoms with Crippen molar-refractivity contribution in [3.63, 3.8) is 0 Å². The lowest BCUT2D eigenvalue weighted by Crippen LogP contribution is -2.36. The first-order valence-corrected chi connectivity index (χ1v) is 7.20. The Hall–Kier alpha value is -0.830. The number of halogens is 1. The monoisotopic (exact) mass is 295 g/mol. The molecule has 0 aliphatic carbocycles. The molecule has 92 valence electrons. The highest BCUT2D eigenvalue weighted by Gasteiger charge is 2.29. The first-order valence-electron chi connectivity index (χ1n) is 6.08. The highest BCUT2D eigenvalue weighted by molar-refractivity contribution is 9.09. The van der Waals surface area contributed by atoms with Crippen molar-refractivity contribution in [2.45, 2.75) is 32.7 Å². The second-order valence-corrected chi connectivity index (χ2v) is 5.34. The van der Waals surface area contributed by atoms with Gasteiger partial charge in [-0.1, -0.05) is 28.1 Å². The van der Waals surface area contributed by atoms with Crippen LogP contribution in [0.25, 0.3) is 0 Å². The van der Waals surface area contributed by atoms with Gasteiger partial charge < -0.3 is 4.90 Å². The zero-order chi connectivity index (χ0) is 12.4. The first kappa shape index (κ1) is 12.6. The minimum Gasteiger partial charge on any atom is -0.335 e. The SMILES string of the molecule is Cc1cccc(C(=O)N2CCCC2CBr)c1C. The molecule has 1 amide bonds. The number of carbonyl (C=O) groups excluding carboxylic acids is 1. The number of hydrogen-bond donors (Lipinski definition) is 0. The van der Waals surface area contributed by atoms with Gasteiger partial charge in [-0.3, -0.25) is 4.79 Å². The average Bonchev–Trinajstić information content (AvgIpc) is 2.80. The van der Waals surface area contributed by atoms with Crippen LogP contribution >= 0.6 is 15.9 Å². The molecule has 17 heavy (non-hydrogen) atoms. The van der Waals surface area contributed by atoms with E-state index in [1.54, 1.807) is 0 Å². The van der Waals surface area contributed by atoms with Gasteiger partial charge in [-0.15, -0.1) is 0 Å². The van der Waals surface area contributed by atoms with Gasteiger partial charge in [-0.05, 0) is 43.9 Å². The van der Waals surface area contributed by atoms with Crippen molar-refractivity contribution in [3.05, 3.63) is 34.9 Å². The Bertz CT molecular complexity index is 430. The summed E-state index contributed by atoms with van der Waals surface area (Å²) in [6, 6.07) is 6.32. The van der Waals surface area contributed by atoms with Crippen molar-refractivity contribution in [3.8, 4) is 0 Å². The molecule has 0 aromatic heterocycles. The second kappa shape index (κ2) is 5.21. The molecule has 2 nitrogen and oxygen atoms in total. The van der Waals surface area contributed by atoms with E-state index >= 15 is 0 Å². The lowest BCUT2D eigenvalue weighted by atomic mass is 10.0. The number of benzene rings is 1. The predicted molar refractivity (Wildman–Crippen MR) is 73.8 cm³/mol. The number of likely N-dealkylation sites (tertiary alicyclic amines) is 1. The van der Waals surface area contributed by atoms with E-state index in [4.69, 9.17) is 0 Å². The third-order valence-corrected chi connectivity index (χ3v) is 4.40. The van der Waals surface area contributed by atoms with E-state index in [2.05, 4.69) is 28.9 Å². The zero-order valence-corrected chi connectivity index (χ0v) is 12.0. The summed E-state index contributed by atoms with van der Waals surface area (Å²) in [4.78, 5) is 14.5. The van der Waals surface area contributed by atoms with Gasteiger partial charge in [0.25, 0.3) is 5.91 Å². The minimum atomic E-state index is 0.188. The lowest BCUT2D eigenvalue weighted by Gasteiger charge is -2.24. The van der Waals surface area contributed by atoms with Crippen LogP contribution in [-0.2, 0) is 0 Å². The van der Waals surface area contributed by atoms with Crippen molar-refractivity contribution in [1.29, 1.82) is 0 Å². The molecule has 0 saturated carbocycles. The Labute approximate surface area is 111 Å². The number of alkyl halides is 1. The van der Waals surface area contributed by atoms with Gasteiger partial charge in [0.05, 0.1) is 0 Å². The summed E-state index contributed by atoms with van der Waals surface area (Å²) in [5.74, 6) is 0.188. The summed E-state index contributed by atoms with van der Waals surface area (Å²) in [7, 11) is 0. The number of amides is 1. The molecule has 1 fully saturated rings. The van der Waals surface area contributed by atoms with E-state index in [1.807, 2.05) is 24.0 Å². The highest BCUT2D eigenvalue weighted by Crippen LogP contribution is 2.23. The zero-order valence-electron chi connectivity index (χ0n) is 10.4. The Morgan fingerprint density at radius 2 is 2.24 bits per heavy atom. The molecule has 1 aromatic carbocycles. The summed E-state index contributed by atoms with van der Waals surface area (Å²) in [6.07, 6.45) is 2.23. The molecule has 2 rings (SSSR count). The molecule has 0 radical (unpaired) electrons. The molecule has 1 aliphatic heterocycles. The Kier molecular flexibility index (Phi) is 3.87. The quantitative estimate of drug-likeness (QED) is 0.767. The van der Waals surface area contributed by atoms with Crippen LogP contribution in [0.3, 0.4) is 0 Å². The Morgan fingerprint density at radius 1 is 1.47 bits per heavy atom. The molecule has 1 heterocycles. The standard InChI is InChI=1S/C14H18BrNO/c1-10-5-3-7-13(11(10)2)14(17)16-8-4-6-12(16)9-15/h3,5,7,12H,4,6,8-9H2,1-2H3. The fourth-order valence-electron chi connectivity index (χ4n) is 2.40. The topological polar surface area (TPSA) is 20.3 Å². The molecule has 1 atom stereocenters. The molecule has 0 spiro atoms. The van der Waals surface area contributed by atoms with Gasteiger partial charge in [0.1, 0.15) is 0 Å². The second-order valence-electron chi connectivity index (χ2n) is 4.70. The van der Waals surface area contributed by atoms with Gasteiger partial charge >= 0.3 is 0 Å². The summed E-state index contributed by atoms with van der Waals surface area (Å²) in [5, 5.41) is 0.879. The Balaban J connectivity index is 2.28. The first-order chi connectivity index (χ1) is 8.15. The maximum absolute atomic E-state index is 12.5. The third kappa shape index (κ3) is 2.39. The summed E-state index contributed by atoms with van der Waals surface area (Å²) >= 11 is 3.50. The number of nitrogens with zero attached hydrogens (tertiary/aromatic N) is 1. The maximum atomic E-state index is 12.5. The smallest absolute Gasteiger partial charge is 0.254 e. The molecule has 0 N–H and O–H groups in total. The molecular weight excluding hydrogens is 278 g/mol. The minimum absolute atomic E-state index is 0.188. The average molecular weight is 296 g/mol. The predicted octanol–water partition coefficient (Wildman–Crippen LogP) is 3.30. The van der Waals surface area contributed by atoms with Crippen LogP contribution in [0, 0.1) is 13.8 Å². The molecular formula is C14H18BrNO. The Morgan fingerprint density at radius 3 is 2.94 bits per heavy atom. The largest absolute Gasteiger partial charge is 0.335 e. The summed E-state index contributed by atoms with van der Waals surface area (Å²) < 4.78 is 0. The van der Waals surface area contributed by atoms with Crippen LogP contribution in [0.1, 0.15) is 34.3 Å². The molecule has 0 bridgehead atoms. The van der Waals surface area contributed by atoms with Gasteiger partial charge in [0.15, 0.2) is 0 Å². The normalized spacial score (nSPS) is 19.7. The van der Waals surface area contributed by atoms with E-state index in [1.165, 1.54) is 5.56 Å². The fraction of sp³-hybridized carbons (Fsp3) is 0.500. The van der Waals surface area contributed by atoms with Gasteiger partial charge in [-0.2, -0.15) is 0 Å². The van der Waals surface area contributed by atoms with Crippen LogP contribution < -0.4 is 0 Å². The van der Waals surface area contributed by atoms with Crippen molar-refractivity contribution < 1.29 is 4.79 Å². The number of aryl methyl sites for hydroxylation is 1. The molecule has 1 saturated heterocycles. The number of hydrogen-bond acceptors (Lipinski definition) is 1. The molecule has 3 heteroatoms. The maximum Gasteiger partial charge on any atom is 0.254 e. The van der Waals surface area contributed by atoms with Crippen LogP contribution in [0.5, 0.6) is 0 Å². The van der Waals surface area contributed by atoms with E-state index in [0.29, 0.717) is 6.04 Å². The molecule has 1 aromatic rings.